The van der Waals surface area contributed by atoms with Crippen LogP contribution in [0.15, 0.2) is 41.8 Å². The van der Waals surface area contributed by atoms with Crippen molar-refractivity contribution < 1.29 is 17.6 Å². The van der Waals surface area contributed by atoms with E-state index in [0.29, 0.717) is 16.9 Å². The summed E-state index contributed by atoms with van der Waals surface area (Å²) < 4.78 is 36.9. The van der Waals surface area contributed by atoms with Crippen LogP contribution in [-0.4, -0.2) is 36.8 Å². The second-order valence-corrected chi connectivity index (χ2v) is 8.77. The van der Waals surface area contributed by atoms with Gasteiger partial charge >= 0.3 is 0 Å². The van der Waals surface area contributed by atoms with Crippen LogP contribution in [0.4, 0.5) is 4.39 Å². The lowest BCUT2D eigenvalue weighted by Crippen LogP contribution is -2.40. The molecular weight excluding hydrogens is 337 g/mol. The lowest BCUT2D eigenvalue weighted by molar-refractivity contribution is 0.0686. The molecular formula is C16H16FNO3S2. The monoisotopic (exact) mass is 353 g/mol. The van der Waals surface area contributed by atoms with Gasteiger partial charge in [0.25, 0.3) is 5.91 Å². The molecule has 1 amide bonds. The molecule has 1 aromatic heterocycles. The summed E-state index contributed by atoms with van der Waals surface area (Å²) in [7, 11) is -3.11. The minimum Gasteiger partial charge on any atom is -0.330 e. The van der Waals surface area contributed by atoms with Crippen LogP contribution >= 0.6 is 11.3 Å². The average Bonchev–Trinajstić information content (AvgIpc) is 3.13. The molecule has 0 bridgehead atoms. The van der Waals surface area contributed by atoms with Gasteiger partial charge in [0.15, 0.2) is 9.84 Å². The van der Waals surface area contributed by atoms with Crippen LogP contribution < -0.4 is 0 Å². The second-order valence-electron chi connectivity index (χ2n) is 5.60. The molecule has 0 radical (unpaired) electrons. The summed E-state index contributed by atoms with van der Waals surface area (Å²) in [5.74, 6) is -0.509. The summed E-state index contributed by atoms with van der Waals surface area (Å²) in [5.41, 5.74) is 0.652. The van der Waals surface area contributed by atoms with Crippen molar-refractivity contribution >= 4 is 27.1 Å². The van der Waals surface area contributed by atoms with E-state index in [1.54, 1.807) is 34.5 Å². The van der Waals surface area contributed by atoms with Gasteiger partial charge in [-0.25, -0.2) is 12.8 Å². The molecule has 23 heavy (non-hydrogen) atoms. The van der Waals surface area contributed by atoms with E-state index in [2.05, 4.69) is 0 Å². The summed E-state index contributed by atoms with van der Waals surface area (Å²) in [6.07, 6.45) is 0.425. The van der Waals surface area contributed by atoms with E-state index in [1.165, 1.54) is 23.5 Å². The van der Waals surface area contributed by atoms with E-state index < -0.39 is 9.84 Å². The summed E-state index contributed by atoms with van der Waals surface area (Å²) in [6, 6.07) is 9.18. The molecule has 1 aliphatic heterocycles. The molecule has 0 aliphatic carbocycles. The Kier molecular flexibility index (Phi) is 4.50. The van der Waals surface area contributed by atoms with E-state index in [-0.39, 0.29) is 35.8 Å². The van der Waals surface area contributed by atoms with Crippen molar-refractivity contribution in [2.45, 2.75) is 19.0 Å². The SMILES string of the molecule is O=C(c1cccs1)N(Cc1cccc(F)c1)[C@H]1CCS(=O)(=O)C1. The Hall–Kier alpha value is -1.73. The number of hydrogen-bond donors (Lipinski definition) is 0. The molecule has 4 nitrogen and oxygen atoms in total. The van der Waals surface area contributed by atoms with Gasteiger partial charge in [-0.05, 0) is 35.6 Å². The molecule has 0 spiro atoms. The smallest absolute Gasteiger partial charge is 0.264 e. The zero-order chi connectivity index (χ0) is 16.4. The molecule has 1 saturated heterocycles. The quantitative estimate of drug-likeness (QED) is 0.849. The standard InChI is InChI=1S/C16H16FNO3S2/c17-13-4-1-3-12(9-13)10-18(14-6-8-23(20,21)11-14)16(19)15-5-2-7-22-15/h1-5,7,9,14H,6,8,10-11H2/t14-/m0/s1. The first-order valence-corrected chi connectivity index (χ1v) is 9.94. The van der Waals surface area contributed by atoms with Crippen molar-refractivity contribution in [3.8, 4) is 0 Å². The molecule has 7 heteroatoms. The van der Waals surface area contributed by atoms with E-state index in [1.807, 2.05) is 0 Å². The molecule has 2 heterocycles. The van der Waals surface area contributed by atoms with Crippen molar-refractivity contribution in [3.05, 3.63) is 58.0 Å². The summed E-state index contributed by atoms with van der Waals surface area (Å²) in [4.78, 5) is 14.9. The molecule has 3 rings (SSSR count). The van der Waals surface area contributed by atoms with Crippen LogP contribution in [0.25, 0.3) is 0 Å². The summed E-state index contributed by atoms with van der Waals surface area (Å²) >= 11 is 1.32. The van der Waals surface area contributed by atoms with Crippen molar-refractivity contribution in [2.24, 2.45) is 0 Å². The number of rotatable bonds is 4. The summed E-state index contributed by atoms with van der Waals surface area (Å²) in [6.45, 7) is 0.203. The fourth-order valence-corrected chi connectivity index (χ4v) is 5.17. The molecule has 0 N–H and O–H groups in total. The van der Waals surface area contributed by atoms with Gasteiger partial charge in [0.1, 0.15) is 5.82 Å². The Labute approximate surface area is 138 Å². The first-order chi connectivity index (χ1) is 10.9. The topological polar surface area (TPSA) is 54.5 Å². The number of halogens is 1. The fraction of sp³-hybridized carbons (Fsp3) is 0.312. The fourth-order valence-electron chi connectivity index (χ4n) is 2.76. The number of sulfone groups is 1. The predicted octanol–water partition coefficient (Wildman–Crippen LogP) is 2.72. The van der Waals surface area contributed by atoms with Crippen LogP contribution in [0, 0.1) is 5.82 Å². The van der Waals surface area contributed by atoms with Gasteiger partial charge < -0.3 is 4.90 Å². The van der Waals surface area contributed by atoms with E-state index >= 15 is 0 Å². The first kappa shape index (κ1) is 16.1. The molecule has 0 unspecified atom stereocenters. The number of amides is 1. The Balaban J connectivity index is 1.88. The zero-order valence-electron chi connectivity index (χ0n) is 12.3. The van der Waals surface area contributed by atoms with Gasteiger partial charge in [0.05, 0.1) is 16.4 Å². The van der Waals surface area contributed by atoms with E-state index in [4.69, 9.17) is 0 Å². The maximum Gasteiger partial charge on any atom is 0.264 e. The predicted molar refractivity (Wildman–Crippen MR) is 87.7 cm³/mol. The Morgan fingerprint density at radius 1 is 1.30 bits per heavy atom. The van der Waals surface area contributed by atoms with Crippen LogP contribution in [0.3, 0.4) is 0 Å². The molecule has 1 aromatic carbocycles. The number of benzene rings is 1. The lowest BCUT2D eigenvalue weighted by Gasteiger charge is -2.28. The lowest BCUT2D eigenvalue weighted by atomic mass is 10.1. The van der Waals surface area contributed by atoms with Crippen molar-refractivity contribution in [3.63, 3.8) is 0 Å². The highest BCUT2D eigenvalue weighted by molar-refractivity contribution is 7.91. The van der Waals surface area contributed by atoms with Gasteiger partial charge in [0.2, 0.25) is 0 Å². The third-order valence-electron chi connectivity index (χ3n) is 3.88. The van der Waals surface area contributed by atoms with E-state index in [0.717, 1.165) is 0 Å². The molecule has 1 atom stereocenters. The maximum absolute atomic E-state index is 13.4. The maximum atomic E-state index is 13.4. The minimum atomic E-state index is -3.11. The van der Waals surface area contributed by atoms with Crippen molar-refractivity contribution in [2.75, 3.05) is 11.5 Å². The molecule has 1 aliphatic rings. The minimum absolute atomic E-state index is 0.0283. The number of carbonyl (C=O) groups is 1. The van der Waals surface area contributed by atoms with Crippen LogP contribution in [0.5, 0.6) is 0 Å². The normalized spacial score (nSPS) is 19.6. The average molecular weight is 353 g/mol. The van der Waals surface area contributed by atoms with Gasteiger partial charge in [-0.2, -0.15) is 0 Å². The third-order valence-corrected chi connectivity index (χ3v) is 6.49. The van der Waals surface area contributed by atoms with Gasteiger partial charge in [-0.15, -0.1) is 11.3 Å². The number of carbonyl (C=O) groups excluding carboxylic acids is 1. The number of thiophene rings is 1. The molecule has 1 fully saturated rings. The largest absolute Gasteiger partial charge is 0.330 e. The molecule has 122 valence electrons. The van der Waals surface area contributed by atoms with Crippen molar-refractivity contribution in [1.82, 2.24) is 4.90 Å². The first-order valence-electron chi connectivity index (χ1n) is 7.24. The second kappa shape index (κ2) is 6.41. The van der Waals surface area contributed by atoms with Gasteiger partial charge in [-0.3, -0.25) is 4.79 Å². The van der Waals surface area contributed by atoms with E-state index in [9.17, 15) is 17.6 Å². The number of hydrogen-bond acceptors (Lipinski definition) is 4. The molecule has 2 aromatic rings. The van der Waals surface area contributed by atoms with Crippen LogP contribution in [0.1, 0.15) is 21.7 Å². The Bertz CT molecular complexity index is 802. The van der Waals surface area contributed by atoms with Gasteiger partial charge in [-0.1, -0.05) is 18.2 Å². The summed E-state index contributed by atoms with van der Waals surface area (Å²) in [5, 5.41) is 1.80. The highest BCUT2D eigenvalue weighted by atomic mass is 32.2. The van der Waals surface area contributed by atoms with Crippen LogP contribution in [0.2, 0.25) is 0 Å². The Morgan fingerprint density at radius 2 is 2.13 bits per heavy atom. The highest BCUT2D eigenvalue weighted by Crippen LogP contribution is 2.24. The highest BCUT2D eigenvalue weighted by Gasteiger charge is 2.35. The third kappa shape index (κ3) is 3.79. The van der Waals surface area contributed by atoms with Gasteiger partial charge in [0, 0.05) is 12.6 Å². The number of nitrogens with zero attached hydrogens (tertiary/aromatic N) is 1. The Morgan fingerprint density at radius 3 is 2.74 bits per heavy atom. The molecule has 0 saturated carbocycles. The van der Waals surface area contributed by atoms with Crippen LogP contribution in [-0.2, 0) is 16.4 Å². The van der Waals surface area contributed by atoms with Crippen molar-refractivity contribution in [1.29, 1.82) is 0 Å². The zero-order valence-corrected chi connectivity index (χ0v) is 13.9.